The van der Waals surface area contributed by atoms with Crippen LogP contribution in [0.2, 0.25) is 0 Å². The highest BCUT2D eigenvalue weighted by molar-refractivity contribution is 5.71. The van der Waals surface area contributed by atoms with Gasteiger partial charge in [-0.2, -0.15) is 15.4 Å². The summed E-state index contributed by atoms with van der Waals surface area (Å²) in [7, 11) is 3.08. The van der Waals surface area contributed by atoms with E-state index >= 15 is 0 Å². The number of aryl methyl sites for hydroxylation is 1. The summed E-state index contributed by atoms with van der Waals surface area (Å²) in [6, 6.07) is 1.99. The van der Waals surface area contributed by atoms with Crippen molar-refractivity contribution in [2.45, 2.75) is 0 Å². The van der Waals surface area contributed by atoms with Crippen molar-refractivity contribution >= 4 is 18.0 Å². The molecule has 10 heteroatoms. The van der Waals surface area contributed by atoms with Gasteiger partial charge in [-0.15, -0.1) is 0 Å². The third kappa shape index (κ3) is 2.93. The fourth-order valence-electron chi connectivity index (χ4n) is 1.91. The molecule has 118 valence electrons. The Morgan fingerprint density at radius 1 is 1.61 bits per heavy atom. The van der Waals surface area contributed by atoms with Crippen LogP contribution < -0.4 is 0 Å². The summed E-state index contributed by atoms with van der Waals surface area (Å²) in [4.78, 5) is 18.4. The fraction of sp³-hybridized carbons (Fsp3) is 0.231. The highest BCUT2D eigenvalue weighted by atomic mass is 16.6. The van der Waals surface area contributed by atoms with Crippen LogP contribution in [0.1, 0.15) is 5.56 Å². The van der Waals surface area contributed by atoms with Crippen LogP contribution in [0.25, 0.3) is 11.5 Å². The van der Waals surface area contributed by atoms with Gasteiger partial charge in [-0.05, 0) is 4.92 Å². The molecule has 0 bridgehead atoms. The zero-order valence-corrected chi connectivity index (χ0v) is 12.5. The Morgan fingerprint density at radius 3 is 2.91 bits per heavy atom. The lowest BCUT2D eigenvalue weighted by Crippen LogP contribution is -2.00. The van der Waals surface area contributed by atoms with E-state index in [4.69, 9.17) is 4.74 Å². The highest BCUT2D eigenvalue weighted by Crippen LogP contribution is 2.30. The van der Waals surface area contributed by atoms with E-state index in [1.807, 2.05) is 6.07 Å². The van der Waals surface area contributed by atoms with Gasteiger partial charge in [-0.25, -0.2) is 14.2 Å². The largest absolute Gasteiger partial charge is 0.479 e. The summed E-state index contributed by atoms with van der Waals surface area (Å²) < 4.78 is 7.68. The number of ether oxygens (including phenoxy) is 1. The van der Waals surface area contributed by atoms with Gasteiger partial charge in [-0.3, -0.25) is 0 Å². The normalized spacial score (nSPS) is 10.7. The van der Waals surface area contributed by atoms with Gasteiger partial charge in [-0.1, -0.05) is 12.7 Å². The molecular weight excluding hydrogens is 302 g/mol. The van der Waals surface area contributed by atoms with Gasteiger partial charge in [0.25, 0.3) is 5.82 Å². The van der Waals surface area contributed by atoms with Crippen LogP contribution in [0.4, 0.5) is 11.6 Å². The lowest BCUT2D eigenvalue weighted by atomic mass is 10.2. The molecule has 0 aliphatic carbocycles. The lowest BCUT2D eigenvalue weighted by Gasteiger charge is -1.96. The second kappa shape index (κ2) is 6.52. The number of nitrogens with zero attached hydrogens (tertiary/aromatic N) is 7. The van der Waals surface area contributed by atoms with Crippen LogP contribution in [0, 0.1) is 21.4 Å². The molecule has 0 saturated heterocycles. The maximum absolute atomic E-state index is 10.9. The van der Waals surface area contributed by atoms with Gasteiger partial charge < -0.3 is 14.9 Å². The van der Waals surface area contributed by atoms with Crippen molar-refractivity contribution in [2.24, 2.45) is 19.1 Å². The number of hydrogen-bond acceptors (Lipinski definition) is 7. The van der Waals surface area contributed by atoms with E-state index in [0.717, 1.165) is 6.20 Å². The number of rotatable bonds is 6. The zero-order chi connectivity index (χ0) is 17.0. The molecule has 0 aliphatic heterocycles. The third-order valence-electron chi connectivity index (χ3n) is 2.95. The summed E-state index contributed by atoms with van der Waals surface area (Å²) in [6.45, 7) is 3.78. The van der Waals surface area contributed by atoms with Crippen LogP contribution in [-0.4, -0.2) is 37.3 Å². The summed E-state index contributed by atoms with van der Waals surface area (Å²) in [5.74, 6) is 0.267. The van der Waals surface area contributed by atoms with Crippen LogP contribution in [0.3, 0.4) is 0 Å². The summed E-state index contributed by atoms with van der Waals surface area (Å²) >= 11 is 0. The van der Waals surface area contributed by atoms with Gasteiger partial charge >= 0.3 is 5.82 Å². The second-order valence-corrected chi connectivity index (χ2v) is 4.40. The van der Waals surface area contributed by atoms with Crippen molar-refractivity contribution in [3.63, 3.8) is 0 Å². The molecule has 0 aromatic carbocycles. The molecule has 0 atom stereocenters. The Labute approximate surface area is 131 Å². The molecule has 0 saturated carbocycles. The molecule has 0 N–H and O–H groups in total. The van der Waals surface area contributed by atoms with Crippen LogP contribution in [0.5, 0.6) is 0 Å². The maximum atomic E-state index is 10.9. The first-order chi connectivity index (χ1) is 11.0. The average Bonchev–Trinajstić information content (AvgIpc) is 3.04. The molecular formula is C13H13N7O3. The Bertz CT molecular complexity index is 825. The minimum Gasteiger partial charge on any atom is -0.479 e. The summed E-state index contributed by atoms with van der Waals surface area (Å²) in [5, 5.41) is 24.5. The Balaban J connectivity index is 2.49. The van der Waals surface area contributed by atoms with Crippen molar-refractivity contribution in [2.75, 3.05) is 6.61 Å². The molecule has 0 fully saturated rings. The monoisotopic (exact) mass is 315 g/mol. The standard InChI is InChI=1S/C13H13N7O3/c1-4-5-23-8-16-12-9(6-14)11(17-19(12)3)13-15-7-10(18(13)2)20(21)22/h4,7-8H,1,5H2,2-3H3. The van der Waals surface area contributed by atoms with Gasteiger partial charge in [0.1, 0.15) is 24.4 Å². The van der Waals surface area contributed by atoms with Gasteiger partial charge in [0.15, 0.2) is 17.9 Å². The first-order valence-electron chi connectivity index (χ1n) is 6.39. The van der Waals surface area contributed by atoms with E-state index in [2.05, 4.69) is 21.7 Å². The van der Waals surface area contributed by atoms with E-state index in [0.29, 0.717) is 0 Å². The summed E-state index contributed by atoms with van der Waals surface area (Å²) in [5.41, 5.74) is 0.357. The minimum absolute atomic E-state index is 0.148. The minimum atomic E-state index is -0.562. The highest BCUT2D eigenvalue weighted by Gasteiger charge is 2.26. The van der Waals surface area contributed by atoms with Crippen LogP contribution in [-0.2, 0) is 18.8 Å². The van der Waals surface area contributed by atoms with E-state index in [9.17, 15) is 15.4 Å². The quantitative estimate of drug-likeness (QED) is 0.198. The average molecular weight is 315 g/mol. The lowest BCUT2D eigenvalue weighted by molar-refractivity contribution is -0.391. The number of imidazole rings is 1. The van der Waals surface area contributed by atoms with E-state index < -0.39 is 4.92 Å². The smallest absolute Gasteiger partial charge is 0.342 e. The zero-order valence-electron chi connectivity index (χ0n) is 12.5. The van der Waals surface area contributed by atoms with Crippen molar-refractivity contribution in [3.05, 3.63) is 34.5 Å². The molecule has 0 spiro atoms. The number of hydrogen-bond donors (Lipinski definition) is 0. The molecule has 2 aromatic rings. The van der Waals surface area contributed by atoms with Gasteiger partial charge in [0, 0.05) is 7.05 Å². The SMILES string of the molecule is C=CCOC=Nc1c(C#N)c(-c2ncc([N+](=O)[O-])n2C)nn1C. The molecule has 2 heterocycles. The predicted molar refractivity (Wildman–Crippen MR) is 81.1 cm³/mol. The van der Waals surface area contributed by atoms with E-state index in [-0.39, 0.29) is 35.3 Å². The van der Waals surface area contributed by atoms with Crippen molar-refractivity contribution < 1.29 is 9.66 Å². The molecule has 23 heavy (non-hydrogen) atoms. The molecule has 0 radical (unpaired) electrons. The van der Waals surface area contributed by atoms with Crippen molar-refractivity contribution in [3.8, 4) is 17.6 Å². The molecule has 0 aliphatic rings. The number of aliphatic imine (C=N–C) groups is 1. The van der Waals surface area contributed by atoms with Crippen molar-refractivity contribution in [1.29, 1.82) is 5.26 Å². The van der Waals surface area contributed by atoms with Gasteiger partial charge in [0.2, 0.25) is 0 Å². The summed E-state index contributed by atoms with van der Waals surface area (Å²) in [6.07, 6.45) is 3.85. The molecule has 0 unspecified atom stereocenters. The maximum Gasteiger partial charge on any atom is 0.342 e. The Hall–Kier alpha value is -3.48. The number of nitriles is 1. The van der Waals surface area contributed by atoms with Gasteiger partial charge in [0.05, 0.1) is 7.05 Å². The topological polar surface area (TPSA) is 124 Å². The predicted octanol–water partition coefficient (Wildman–Crippen LogP) is 1.46. The van der Waals surface area contributed by atoms with Crippen molar-refractivity contribution in [1.82, 2.24) is 19.3 Å². The Kier molecular flexibility index (Phi) is 4.51. The van der Waals surface area contributed by atoms with E-state index in [1.165, 1.54) is 22.7 Å². The third-order valence-corrected chi connectivity index (χ3v) is 2.95. The fourth-order valence-corrected chi connectivity index (χ4v) is 1.91. The first kappa shape index (κ1) is 15.9. The molecule has 10 nitrogen and oxygen atoms in total. The second-order valence-electron chi connectivity index (χ2n) is 4.40. The number of aromatic nitrogens is 4. The molecule has 2 aromatic heterocycles. The molecule has 2 rings (SSSR count). The Morgan fingerprint density at radius 2 is 2.35 bits per heavy atom. The van der Waals surface area contributed by atoms with E-state index in [1.54, 1.807) is 13.1 Å². The van der Waals surface area contributed by atoms with Crippen LogP contribution in [0.15, 0.2) is 23.8 Å². The molecule has 0 amide bonds. The van der Waals surface area contributed by atoms with Crippen LogP contribution >= 0.6 is 0 Å². The number of nitro groups is 1. The first-order valence-corrected chi connectivity index (χ1v) is 6.39.